The first-order valence-corrected chi connectivity index (χ1v) is 6.97. The van der Waals surface area contributed by atoms with Crippen LogP contribution in [0.5, 0.6) is 0 Å². The normalized spacial score (nSPS) is 21.9. The minimum Gasteiger partial charge on any atom is -0.366 e. The van der Waals surface area contributed by atoms with Crippen LogP contribution in [0, 0.1) is 0 Å². The van der Waals surface area contributed by atoms with Gasteiger partial charge in [0.15, 0.2) is 5.82 Å². The van der Waals surface area contributed by atoms with Crippen LogP contribution in [0.4, 0.5) is 5.82 Å². The number of nitrogens with one attached hydrogen (secondary N) is 3. The van der Waals surface area contributed by atoms with Crippen LogP contribution >= 0.6 is 0 Å². The number of aromatic amines is 1. The Morgan fingerprint density at radius 1 is 1.06 bits per heavy atom. The minimum atomic E-state index is 0.604. The van der Waals surface area contributed by atoms with Crippen molar-refractivity contribution in [1.29, 1.82) is 0 Å². The van der Waals surface area contributed by atoms with E-state index in [2.05, 4.69) is 20.8 Å². The second kappa shape index (κ2) is 5.08. The summed E-state index contributed by atoms with van der Waals surface area (Å²) < 4.78 is 0. The highest BCUT2D eigenvalue weighted by molar-refractivity contribution is 5.48. The molecule has 1 aliphatic heterocycles. The standard InChI is InChI=1S/C13H22N4/c1-2-4-11-12(5-3-1)16-17-13(11)15-10-6-8-14-9-7-10/h10,14H,1-9H2,(H2,15,16,17). The topological polar surface area (TPSA) is 52.7 Å². The van der Waals surface area contributed by atoms with E-state index in [4.69, 9.17) is 0 Å². The Morgan fingerprint density at radius 3 is 2.76 bits per heavy atom. The highest BCUT2D eigenvalue weighted by Crippen LogP contribution is 2.26. The zero-order chi connectivity index (χ0) is 11.5. The summed E-state index contributed by atoms with van der Waals surface area (Å²) in [6.07, 6.45) is 8.77. The van der Waals surface area contributed by atoms with Gasteiger partial charge in [0.05, 0.1) is 0 Å². The average molecular weight is 234 g/mol. The lowest BCUT2D eigenvalue weighted by Crippen LogP contribution is -2.35. The molecule has 3 rings (SSSR count). The first-order chi connectivity index (χ1) is 8.43. The van der Waals surface area contributed by atoms with Crippen molar-refractivity contribution in [3.05, 3.63) is 11.3 Å². The monoisotopic (exact) mass is 234 g/mol. The van der Waals surface area contributed by atoms with Crippen LogP contribution in [-0.4, -0.2) is 29.3 Å². The van der Waals surface area contributed by atoms with Gasteiger partial charge in [-0.1, -0.05) is 6.42 Å². The Hall–Kier alpha value is -1.03. The summed E-state index contributed by atoms with van der Waals surface area (Å²) >= 11 is 0. The lowest BCUT2D eigenvalue weighted by Gasteiger charge is -2.24. The Bertz CT molecular complexity index is 365. The number of hydrogen-bond donors (Lipinski definition) is 3. The highest BCUT2D eigenvalue weighted by Gasteiger charge is 2.19. The van der Waals surface area contributed by atoms with Crippen LogP contribution in [0.2, 0.25) is 0 Å². The summed E-state index contributed by atoms with van der Waals surface area (Å²) in [6.45, 7) is 2.26. The molecule has 1 aromatic rings. The molecule has 3 N–H and O–H groups in total. The molecule has 2 heterocycles. The van der Waals surface area contributed by atoms with Crippen molar-refractivity contribution >= 4 is 5.82 Å². The number of H-pyrrole nitrogens is 1. The van der Waals surface area contributed by atoms with Crippen molar-refractivity contribution in [3.8, 4) is 0 Å². The SMILES string of the molecule is C1CCc2[nH]nc(NC3CCNCC3)c2CC1. The Labute approximate surface area is 103 Å². The second-order valence-electron chi connectivity index (χ2n) is 5.26. The molecular weight excluding hydrogens is 212 g/mol. The predicted molar refractivity (Wildman–Crippen MR) is 69.4 cm³/mol. The molecular formula is C13H22N4. The van der Waals surface area contributed by atoms with Crippen LogP contribution in [0.15, 0.2) is 0 Å². The van der Waals surface area contributed by atoms with Gasteiger partial charge in [-0.3, -0.25) is 5.10 Å². The number of anilines is 1. The molecule has 17 heavy (non-hydrogen) atoms. The largest absolute Gasteiger partial charge is 0.366 e. The molecule has 0 unspecified atom stereocenters. The van der Waals surface area contributed by atoms with Gasteiger partial charge in [0, 0.05) is 17.3 Å². The maximum Gasteiger partial charge on any atom is 0.151 e. The zero-order valence-corrected chi connectivity index (χ0v) is 10.4. The van der Waals surface area contributed by atoms with E-state index in [0.717, 1.165) is 18.9 Å². The fourth-order valence-electron chi connectivity index (χ4n) is 2.94. The summed E-state index contributed by atoms with van der Waals surface area (Å²) in [5.74, 6) is 1.13. The van der Waals surface area contributed by atoms with Crippen molar-refractivity contribution in [2.24, 2.45) is 0 Å². The number of fused-ring (bicyclic) bond motifs is 1. The fourth-order valence-corrected chi connectivity index (χ4v) is 2.94. The first kappa shape index (κ1) is 11.1. The zero-order valence-electron chi connectivity index (χ0n) is 10.4. The van der Waals surface area contributed by atoms with E-state index in [-0.39, 0.29) is 0 Å². The Morgan fingerprint density at radius 2 is 1.88 bits per heavy atom. The van der Waals surface area contributed by atoms with Gasteiger partial charge in [-0.15, -0.1) is 0 Å². The van der Waals surface area contributed by atoms with E-state index in [1.54, 1.807) is 0 Å². The van der Waals surface area contributed by atoms with Gasteiger partial charge < -0.3 is 10.6 Å². The number of rotatable bonds is 2. The maximum atomic E-state index is 4.48. The van der Waals surface area contributed by atoms with Gasteiger partial charge >= 0.3 is 0 Å². The van der Waals surface area contributed by atoms with Crippen molar-refractivity contribution < 1.29 is 0 Å². The molecule has 1 aromatic heterocycles. The highest BCUT2D eigenvalue weighted by atomic mass is 15.2. The Kier molecular flexibility index (Phi) is 3.31. The summed E-state index contributed by atoms with van der Waals surface area (Å²) in [6, 6.07) is 0.604. The molecule has 0 amide bonds. The lowest BCUT2D eigenvalue weighted by molar-refractivity contribution is 0.478. The molecule has 0 radical (unpaired) electrons. The van der Waals surface area contributed by atoms with Crippen molar-refractivity contribution in [3.63, 3.8) is 0 Å². The van der Waals surface area contributed by atoms with Gasteiger partial charge in [0.2, 0.25) is 0 Å². The lowest BCUT2D eigenvalue weighted by atomic mass is 10.1. The third kappa shape index (κ3) is 2.46. The van der Waals surface area contributed by atoms with Gasteiger partial charge in [-0.25, -0.2) is 0 Å². The smallest absolute Gasteiger partial charge is 0.151 e. The van der Waals surface area contributed by atoms with Crippen LogP contribution in [-0.2, 0) is 12.8 Å². The fraction of sp³-hybridized carbons (Fsp3) is 0.769. The molecule has 0 spiro atoms. The molecule has 94 valence electrons. The summed E-state index contributed by atoms with van der Waals surface area (Å²) in [7, 11) is 0. The number of aromatic nitrogens is 2. The third-order valence-corrected chi connectivity index (χ3v) is 3.99. The minimum absolute atomic E-state index is 0.604. The van der Waals surface area contributed by atoms with E-state index in [9.17, 15) is 0 Å². The molecule has 0 saturated carbocycles. The first-order valence-electron chi connectivity index (χ1n) is 6.97. The van der Waals surface area contributed by atoms with Crippen molar-refractivity contribution in [2.45, 2.75) is 51.0 Å². The number of aryl methyl sites for hydroxylation is 1. The molecule has 4 nitrogen and oxygen atoms in total. The quantitative estimate of drug-likeness (QED) is 0.684. The number of piperidine rings is 1. The molecule has 4 heteroatoms. The van der Waals surface area contributed by atoms with Crippen molar-refractivity contribution in [1.82, 2.24) is 15.5 Å². The molecule has 0 aromatic carbocycles. The predicted octanol–water partition coefficient (Wildman–Crippen LogP) is 1.84. The van der Waals surface area contributed by atoms with E-state index < -0.39 is 0 Å². The van der Waals surface area contributed by atoms with Crippen molar-refractivity contribution in [2.75, 3.05) is 18.4 Å². The van der Waals surface area contributed by atoms with Crippen LogP contribution in [0.25, 0.3) is 0 Å². The molecule has 1 fully saturated rings. The molecule has 0 bridgehead atoms. The van der Waals surface area contributed by atoms with Gasteiger partial charge in [-0.2, -0.15) is 5.10 Å². The van der Waals surface area contributed by atoms with Crippen LogP contribution < -0.4 is 10.6 Å². The molecule has 1 aliphatic carbocycles. The molecule has 1 saturated heterocycles. The molecule has 2 aliphatic rings. The third-order valence-electron chi connectivity index (χ3n) is 3.99. The summed E-state index contributed by atoms with van der Waals surface area (Å²) in [5.41, 5.74) is 2.83. The van der Waals surface area contributed by atoms with Gasteiger partial charge in [0.1, 0.15) is 0 Å². The van der Waals surface area contributed by atoms with E-state index in [1.807, 2.05) is 0 Å². The van der Waals surface area contributed by atoms with E-state index in [0.29, 0.717) is 6.04 Å². The number of nitrogens with zero attached hydrogens (tertiary/aromatic N) is 1. The van der Waals surface area contributed by atoms with E-state index in [1.165, 1.54) is 56.2 Å². The second-order valence-corrected chi connectivity index (χ2v) is 5.26. The van der Waals surface area contributed by atoms with E-state index >= 15 is 0 Å². The molecule has 0 atom stereocenters. The summed E-state index contributed by atoms with van der Waals surface area (Å²) in [5, 5.41) is 14.7. The van der Waals surface area contributed by atoms with Gasteiger partial charge in [0.25, 0.3) is 0 Å². The average Bonchev–Trinajstić information content (AvgIpc) is 2.61. The summed E-state index contributed by atoms with van der Waals surface area (Å²) in [4.78, 5) is 0. The van der Waals surface area contributed by atoms with Crippen LogP contribution in [0.3, 0.4) is 0 Å². The Balaban J connectivity index is 1.71. The maximum absolute atomic E-state index is 4.48. The number of hydrogen-bond acceptors (Lipinski definition) is 3. The van der Waals surface area contributed by atoms with Crippen LogP contribution in [0.1, 0.15) is 43.4 Å². The van der Waals surface area contributed by atoms with Gasteiger partial charge in [-0.05, 0) is 51.6 Å².